The van der Waals surface area contributed by atoms with Gasteiger partial charge < -0.3 is 14.4 Å². The zero-order valence-electron chi connectivity index (χ0n) is 16.0. The lowest BCUT2D eigenvalue weighted by molar-refractivity contribution is 0.0624. The summed E-state index contributed by atoms with van der Waals surface area (Å²) in [6.45, 7) is 5.27. The van der Waals surface area contributed by atoms with Crippen LogP contribution in [0.4, 0.5) is 0 Å². The molecule has 1 saturated heterocycles. The molecule has 28 heavy (non-hydrogen) atoms. The average molecular weight is 380 g/mol. The number of carbonyl (C=O) groups is 2. The summed E-state index contributed by atoms with van der Waals surface area (Å²) in [6.07, 6.45) is 0.966. The Morgan fingerprint density at radius 3 is 2.29 bits per heavy atom. The smallest absolute Gasteiger partial charge is 0.254 e. The van der Waals surface area contributed by atoms with Gasteiger partial charge in [-0.05, 0) is 30.2 Å². The van der Waals surface area contributed by atoms with Gasteiger partial charge in [0.25, 0.3) is 5.91 Å². The molecule has 0 atom stereocenters. The molecule has 0 spiro atoms. The summed E-state index contributed by atoms with van der Waals surface area (Å²) in [7, 11) is 0. The molecule has 1 amide bonds. The number of amides is 1. The normalized spacial score (nSPS) is 16.2. The predicted octanol–water partition coefficient (Wildman–Crippen LogP) is 2.62. The molecule has 2 aliphatic rings. The van der Waals surface area contributed by atoms with Crippen LogP contribution in [0, 0.1) is 0 Å². The van der Waals surface area contributed by atoms with Crippen LogP contribution in [0.25, 0.3) is 0 Å². The van der Waals surface area contributed by atoms with E-state index in [2.05, 4.69) is 11.8 Å². The van der Waals surface area contributed by atoms with Crippen molar-refractivity contribution in [3.8, 4) is 11.5 Å². The van der Waals surface area contributed by atoms with E-state index >= 15 is 0 Å². The Hall–Kier alpha value is -2.86. The van der Waals surface area contributed by atoms with Gasteiger partial charge in [0.05, 0.1) is 6.54 Å². The van der Waals surface area contributed by atoms with Crippen molar-refractivity contribution in [2.75, 3.05) is 39.5 Å². The van der Waals surface area contributed by atoms with E-state index in [0.29, 0.717) is 49.8 Å². The minimum atomic E-state index is -0.0144. The van der Waals surface area contributed by atoms with Gasteiger partial charge in [-0.1, -0.05) is 31.2 Å². The lowest BCUT2D eigenvalue weighted by Gasteiger charge is -2.34. The largest absolute Gasteiger partial charge is 0.454 e. The van der Waals surface area contributed by atoms with Gasteiger partial charge in [0, 0.05) is 37.3 Å². The van der Waals surface area contributed by atoms with Gasteiger partial charge in [0.1, 0.15) is 0 Å². The molecule has 6 heteroatoms. The van der Waals surface area contributed by atoms with Crippen molar-refractivity contribution < 1.29 is 19.1 Å². The topological polar surface area (TPSA) is 59.1 Å². The number of carbonyl (C=O) groups excluding carboxylic acids is 2. The van der Waals surface area contributed by atoms with Crippen molar-refractivity contribution in [2.45, 2.75) is 13.3 Å². The Kier molecular flexibility index (Phi) is 5.30. The van der Waals surface area contributed by atoms with Crippen molar-refractivity contribution >= 4 is 11.7 Å². The fourth-order valence-corrected chi connectivity index (χ4v) is 3.54. The maximum absolute atomic E-state index is 12.8. The van der Waals surface area contributed by atoms with Crippen LogP contribution in [0.1, 0.15) is 33.2 Å². The average Bonchev–Trinajstić information content (AvgIpc) is 3.21. The van der Waals surface area contributed by atoms with Crippen molar-refractivity contribution in [1.82, 2.24) is 9.80 Å². The van der Waals surface area contributed by atoms with E-state index in [9.17, 15) is 9.59 Å². The van der Waals surface area contributed by atoms with Crippen molar-refractivity contribution in [2.24, 2.45) is 0 Å². The Labute approximate surface area is 164 Å². The third kappa shape index (κ3) is 3.87. The number of hydrogen-bond acceptors (Lipinski definition) is 5. The number of benzene rings is 2. The quantitative estimate of drug-likeness (QED) is 0.747. The summed E-state index contributed by atoms with van der Waals surface area (Å²) >= 11 is 0. The summed E-state index contributed by atoms with van der Waals surface area (Å²) in [5.74, 6) is 1.40. The summed E-state index contributed by atoms with van der Waals surface area (Å²) < 4.78 is 10.6. The molecule has 0 radical (unpaired) electrons. The highest BCUT2D eigenvalue weighted by molar-refractivity contribution is 5.97. The van der Waals surface area contributed by atoms with Crippen molar-refractivity contribution in [3.63, 3.8) is 0 Å². The highest BCUT2D eigenvalue weighted by atomic mass is 16.7. The molecule has 146 valence electrons. The first-order valence-electron chi connectivity index (χ1n) is 9.67. The number of Topliss-reactive ketones (excluding diaryl/α,β-unsaturated/α-hetero) is 1. The van der Waals surface area contributed by atoms with E-state index in [1.54, 1.807) is 18.2 Å². The molecule has 0 N–H and O–H groups in total. The fourth-order valence-electron chi connectivity index (χ4n) is 3.54. The molecular formula is C22H24N2O4. The second kappa shape index (κ2) is 8.02. The molecule has 6 nitrogen and oxygen atoms in total. The van der Waals surface area contributed by atoms with E-state index in [4.69, 9.17) is 9.47 Å². The van der Waals surface area contributed by atoms with Crippen LogP contribution in [-0.2, 0) is 6.42 Å². The SMILES string of the molecule is CCc1ccc(C(=O)CN2CCN(C(=O)c3ccc4c(c3)OCO4)CC2)cc1. The number of hydrogen-bond donors (Lipinski definition) is 0. The molecular weight excluding hydrogens is 356 g/mol. The number of aryl methyl sites for hydroxylation is 1. The molecule has 2 aromatic rings. The monoisotopic (exact) mass is 380 g/mol. The highest BCUT2D eigenvalue weighted by Gasteiger charge is 2.25. The predicted molar refractivity (Wildman–Crippen MR) is 105 cm³/mol. The first-order valence-corrected chi connectivity index (χ1v) is 9.67. The summed E-state index contributed by atoms with van der Waals surface area (Å²) in [5, 5.41) is 0. The van der Waals surface area contributed by atoms with Gasteiger partial charge in [0.15, 0.2) is 17.3 Å². The van der Waals surface area contributed by atoms with Crippen LogP contribution < -0.4 is 9.47 Å². The van der Waals surface area contributed by atoms with Gasteiger partial charge in [0.2, 0.25) is 6.79 Å². The first kappa shape index (κ1) is 18.5. The first-order chi connectivity index (χ1) is 13.6. The van der Waals surface area contributed by atoms with Crippen LogP contribution in [-0.4, -0.2) is 61.0 Å². The molecule has 2 aromatic carbocycles. The van der Waals surface area contributed by atoms with E-state index in [1.807, 2.05) is 29.2 Å². The summed E-state index contributed by atoms with van der Waals surface area (Å²) in [4.78, 5) is 29.2. The van der Waals surface area contributed by atoms with Gasteiger partial charge in [-0.2, -0.15) is 0 Å². The molecule has 0 aliphatic carbocycles. The van der Waals surface area contributed by atoms with E-state index in [0.717, 1.165) is 12.0 Å². The third-order valence-electron chi connectivity index (χ3n) is 5.33. The maximum atomic E-state index is 12.8. The molecule has 0 saturated carbocycles. The Morgan fingerprint density at radius 2 is 1.57 bits per heavy atom. The standard InChI is InChI=1S/C22H24N2O4/c1-2-16-3-5-17(6-4-16)19(25)14-23-9-11-24(12-10-23)22(26)18-7-8-20-21(13-18)28-15-27-20/h3-8,13H,2,9-12,14-15H2,1H3. The molecule has 0 aromatic heterocycles. The van der Waals surface area contributed by atoms with Gasteiger partial charge >= 0.3 is 0 Å². The summed E-state index contributed by atoms with van der Waals surface area (Å²) in [5.41, 5.74) is 2.58. The Bertz CT molecular complexity index is 871. The molecule has 0 unspecified atom stereocenters. The second-order valence-electron chi connectivity index (χ2n) is 7.11. The number of piperazine rings is 1. The molecule has 2 aliphatic heterocycles. The zero-order chi connectivity index (χ0) is 19.5. The van der Waals surface area contributed by atoms with Crippen LogP contribution in [0.3, 0.4) is 0 Å². The minimum absolute atomic E-state index is 0.0144. The summed E-state index contributed by atoms with van der Waals surface area (Å²) in [6, 6.07) is 13.1. The minimum Gasteiger partial charge on any atom is -0.454 e. The van der Waals surface area contributed by atoms with Gasteiger partial charge in [-0.15, -0.1) is 0 Å². The highest BCUT2D eigenvalue weighted by Crippen LogP contribution is 2.32. The number of nitrogens with zero attached hydrogens (tertiary/aromatic N) is 2. The van der Waals surface area contributed by atoms with E-state index in [-0.39, 0.29) is 18.5 Å². The second-order valence-corrected chi connectivity index (χ2v) is 7.11. The number of ether oxygens (including phenoxy) is 2. The van der Waals surface area contributed by atoms with Crippen molar-refractivity contribution in [1.29, 1.82) is 0 Å². The molecule has 0 bridgehead atoms. The maximum Gasteiger partial charge on any atom is 0.254 e. The van der Waals surface area contributed by atoms with Gasteiger partial charge in [-0.3, -0.25) is 14.5 Å². The molecule has 4 rings (SSSR count). The molecule has 2 heterocycles. The van der Waals surface area contributed by atoms with Crippen LogP contribution in [0.5, 0.6) is 11.5 Å². The zero-order valence-corrected chi connectivity index (χ0v) is 16.0. The Morgan fingerprint density at radius 1 is 0.893 bits per heavy atom. The van der Waals surface area contributed by atoms with Crippen molar-refractivity contribution in [3.05, 3.63) is 59.2 Å². The molecule has 1 fully saturated rings. The van der Waals surface area contributed by atoms with Crippen LogP contribution >= 0.6 is 0 Å². The van der Waals surface area contributed by atoms with E-state index < -0.39 is 0 Å². The van der Waals surface area contributed by atoms with Crippen LogP contribution in [0.15, 0.2) is 42.5 Å². The third-order valence-corrected chi connectivity index (χ3v) is 5.33. The number of fused-ring (bicyclic) bond motifs is 1. The fraction of sp³-hybridized carbons (Fsp3) is 0.364. The van der Waals surface area contributed by atoms with E-state index in [1.165, 1.54) is 5.56 Å². The van der Waals surface area contributed by atoms with Crippen LogP contribution in [0.2, 0.25) is 0 Å². The number of ketones is 1. The Balaban J connectivity index is 1.31. The number of rotatable bonds is 5. The lowest BCUT2D eigenvalue weighted by atomic mass is 10.1. The van der Waals surface area contributed by atoms with Gasteiger partial charge in [-0.25, -0.2) is 0 Å². The lowest BCUT2D eigenvalue weighted by Crippen LogP contribution is -2.49.